The zero-order chi connectivity index (χ0) is 17.8. The van der Waals surface area contributed by atoms with E-state index in [9.17, 15) is 9.59 Å². The van der Waals surface area contributed by atoms with Crippen LogP contribution in [0, 0.1) is 5.92 Å². The van der Waals surface area contributed by atoms with Crippen LogP contribution < -0.4 is 5.56 Å². The van der Waals surface area contributed by atoms with Crippen molar-refractivity contribution >= 4 is 28.4 Å². The molecule has 2 aliphatic rings. The normalized spacial score (nSPS) is 21.7. The summed E-state index contributed by atoms with van der Waals surface area (Å²) in [6.07, 6.45) is 1.03. The number of halogens is 1. The van der Waals surface area contributed by atoms with E-state index in [1.165, 1.54) is 0 Å². The van der Waals surface area contributed by atoms with Crippen molar-refractivity contribution in [2.45, 2.75) is 18.9 Å². The highest BCUT2D eigenvalue weighted by Crippen LogP contribution is 2.35. The van der Waals surface area contributed by atoms with Crippen molar-refractivity contribution in [2.75, 3.05) is 13.1 Å². The molecule has 6 heteroatoms. The maximum Gasteiger partial charge on any atom is 0.270 e. The molecule has 0 aliphatic carbocycles. The molecule has 1 saturated heterocycles. The molecule has 5 rings (SSSR count). The van der Waals surface area contributed by atoms with Crippen molar-refractivity contribution < 1.29 is 4.79 Å². The molecule has 0 radical (unpaired) electrons. The van der Waals surface area contributed by atoms with E-state index in [1.54, 1.807) is 6.07 Å². The first-order valence-corrected chi connectivity index (χ1v) is 9.24. The van der Waals surface area contributed by atoms with Crippen molar-refractivity contribution in [1.82, 2.24) is 14.5 Å². The Morgan fingerprint density at radius 2 is 1.96 bits per heavy atom. The molecule has 3 aromatic rings. The summed E-state index contributed by atoms with van der Waals surface area (Å²) < 4.78 is 1.88. The monoisotopic (exact) mass is 367 g/mol. The second-order valence-electron chi connectivity index (χ2n) is 7.29. The van der Waals surface area contributed by atoms with Gasteiger partial charge in [-0.1, -0.05) is 23.7 Å². The SMILES string of the molecule is O=C(c1cc2c(Cl)cccc2[nH]1)N1C[C@H]2C[C@@H](C1)c1cccc(=O)n1C2. The Balaban J connectivity index is 1.47. The first-order valence-electron chi connectivity index (χ1n) is 8.86. The fraction of sp³-hybridized carbons (Fsp3) is 0.300. The van der Waals surface area contributed by atoms with E-state index in [0.29, 0.717) is 36.3 Å². The molecular formula is C20H18ClN3O2. The van der Waals surface area contributed by atoms with Gasteiger partial charge in [-0.2, -0.15) is 0 Å². The van der Waals surface area contributed by atoms with Crippen LogP contribution in [0.1, 0.15) is 28.5 Å². The average Bonchev–Trinajstić information content (AvgIpc) is 3.08. The van der Waals surface area contributed by atoms with Crippen LogP contribution in [-0.2, 0) is 6.54 Å². The van der Waals surface area contributed by atoms with Crippen molar-refractivity contribution in [2.24, 2.45) is 5.92 Å². The van der Waals surface area contributed by atoms with Crippen LogP contribution in [0.2, 0.25) is 5.02 Å². The van der Waals surface area contributed by atoms with E-state index in [1.807, 2.05) is 45.9 Å². The van der Waals surface area contributed by atoms with E-state index in [0.717, 1.165) is 23.0 Å². The minimum atomic E-state index is -0.00121. The lowest BCUT2D eigenvalue weighted by atomic mass is 9.83. The maximum atomic E-state index is 13.1. The molecule has 26 heavy (non-hydrogen) atoms. The lowest BCUT2D eigenvalue weighted by Crippen LogP contribution is -2.49. The van der Waals surface area contributed by atoms with Gasteiger partial charge in [-0.3, -0.25) is 9.59 Å². The molecule has 2 aliphatic heterocycles. The Labute approximate surface area is 155 Å². The number of fused-ring (bicyclic) bond motifs is 5. The first kappa shape index (κ1) is 15.7. The number of H-pyrrole nitrogens is 1. The minimum absolute atomic E-state index is 0.00121. The second-order valence-corrected chi connectivity index (χ2v) is 7.70. The van der Waals surface area contributed by atoms with Gasteiger partial charge in [0.05, 0.1) is 0 Å². The van der Waals surface area contributed by atoms with Crippen molar-refractivity contribution in [3.63, 3.8) is 0 Å². The van der Waals surface area contributed by atoms with Gasteiger partial charge in [0.2, 0.25) is 0 Å². The number of aromatic amines is 1. The Bertz CT molecular complexity index is 1080. The smallest absolute Gasteiger partial charge is 0.270 e. The predicted molar refractivity (Wildman–Crippen MR) is 101 cm³/mol. The Hall–Kier alpha value is -2.53. The van der Waals surface area contributed by atoms with Crippen molar-refractivity contribution in [3.8, 4) is 0 Å². The minimum Gasteiger partial charge on any atom is -0.350 e. The number of pyridine rings is 1. The second kappa shape index (κ2) is 5.74. The van der Waals surface area contributed by atoms with Gasteiger partial charge in [0.25, 0.3) is 11.5 Å². The summed E-state index contributed by atoms with van der Waals surface area (Å²) >= 11 is 6.23. The van der Waals surface area contributed by atoms with E-state index in [4.69, 9.17) is 11.6 Å². The van der Waals surface area contributed by atoms with Gasteiger partial charge in [-0.15, -0.1) is 0 Å². The summed E-state index contributed by atoms with van der Waals surface area (Å²) in [7, 11) is 0. The number of carbonyl (C=O) groups excluding carboxylic acids is 1. The van der Waals surface area contributed by atoms with Gasteiger partial charge in [0, 0.05) is 53.2 Å². The molecule has 0 saturated carbocycles. The van der Waals surface area contributed by atoms with Gasteiger partial charge in [0.1, 0.15) is 5.69 Å². The molecule has 132 valence electrons. The average molecular weight is 368 g/mol. The first-order chi connectivity index (χ1) is 12.6. The van der Waals surface area contributed by atoms with Gasteiger partial charge < -0.3 is 14.5 Å². The number of hydrogen-bond donors (Lipinski definition) is 1. The molecule has 1 N–H and O–H groups in total. The predicted octanol–water partition coefficient (Wildman–Crippen LogP) is 3.24. The third kappa shape index (κ3) is 2.38. The molecule has 4 heterocycles. The van der Waals surface area contributed by atoms with Gasteiger partial charge >= 0.3 is 0 Å². The van der Waals surface area contributed by atoms with Gasteiger partial charge in [-0.05, 0) is 36.6 Å². The highest BCUT2D eigenvalue weighted by molar-refractivity contribution is 6.35. The summed E-state index contributed by atoms with van der Waals surface area (Å²) in [6.45, 7) is 2.01. The van der Waals surface area contributed by atoms with Gasteiger partial charge in [-0.25, -0.2) is 0 Å². The number of piperidine rings is 1. The van der Waals surface area contributed by atoms with Crippen LogP contribution in [0.5, 0.6) is 0 Å². The number of carbonyl (C=O) groups is 1. The summed E-state index contributed by atoms with van der Waals surface area (Å²) in [5.41, 5.74) is 2.54. The fourth-order valence-electron chi connectivity index (χ4n) is 4.47. The highest BCUT2D eigenvalue weighted by atomic mass is 35.5. The lowest BCUT2D eigenvalue weighted by Gasteiger charge is -2.42. The standard InChI is InChI=1S/C20H18ClN3O2/c21-15-3-1-4-16-14(15)8-17(22-16)20(26)23-9-12-7-13(11-23)18-5-2-6-19(25)24(18)10-12/h1-6,8,12-13,22H,7,9-11H2/t12-,13+/m1/s1. The van der Waals surface area contributed by atoms with Crippen LogP contribution in [0.15, 0.2) is 47.3 Å². The Kier molecular flexibility index (Phi) is 3.47. The Morgan fingerprint density at radius 3 is 2.81 bits per heavy atom. The summed E-state index contributed by atoms with van der Waals surface area (Å²) in [4.78, 5) is 30.3. The molecule has 1 fully saturated rings. The number of aromatic nitrogens is 2. The number of nitrogens with one attached hydrogen (secondary N) is 1. The maximum absolute atomic E-state index is 13.1. The van der Waals surface area contributed by atoms with Crippen LogP contribution in [-0.4, -0.2) is 33.4 Å². The molecule has 0 unspecified atom stereocenters. The van der Waals surface area contributed by atoms with Crippen LogP contribution in [0.3, 0.4) is 0 Å². The number of hydrogen-bond acceptors (Lipinski definition) is 2. The van der Waals surface area contributed by atoms with Crippen molar-refractivity contribution in [3.05, 3.63) is 69.2 Å². The number of amides is 1. The van der Waals surface area contributed by atoms with Crippen molar-refractivity contribution in [1.29, 1.82) is 0 Å². The third-order valence-electron chi connectivity index (χ3n) is 5.61. The molecule has 0 spiro atoms. The fourth-order valence-corrected chi connectivity index (χ4v) is 4.70. The van der Waals surface area contributed by atoms with E-state index < -0.39 is 0 Å². The van der Waals surface area contributed by atoms with Gasteiger partial charge in [0.15, 0.2) is 0 Å². The molecule has 2 atom stereocenters. The number of rotatable bonds is 1. The molecular weight excluding hydrogens is 350 g/mol. The molecule has 1 amide bonds. The van der Waals surface area contributed by atoms with Crippen LogP contribution >= 0.6 is 11.6 Å². The topological polar surface area (TPSA) is 58.1 Å². The summed E-state index contributed by atoms with van der Waals surface area (Å²) in [5, 5.41) is 1.51. The molecule has 1 aromatic carbocycles. The van der Waals surface area contributed by atoms with E-state index in [-0.39, 0.29) is 17.4 Å². The summed E-state index contributed by atoms with van der Waals surface area (Å²) in [5.74, 6) is 0.533. The Morgan fingerprint density at radius 1 is 1.12 bits per heavy atom. The zero-order valence-electron chi connectivity index (χ0n) is 14.1. The quantitative estimate of drug-likeness (QED) is 0.717. The zero-order valence-corrected chi connectivity index (χ0v) is 14.9. The third-order valence-corrected chi connectivity index (χ3v) is 5.94. The molecule has 2 bridgehead atoms. The molecule has 5 nitrogen and oxygen atoms in total. The number of nitrogens with zero attached hydrogens (tertiary/aromatic N) is 2. The largest absolute Gasteiger partial charge is 0.350 e. The molecule has 2 aromatic heterocycles. The summed E-state index contributed by atoms with van der Waals surface area (Å²) in [6, 6.07) is 12.9. The number of likely N-dealkylation sites (tertiary alicyclic amines) is 1. The highest BCUT2D eigenvalue weighted by Gasteiger charge is 2.36. The van der Waals surface area contributed by atoms with Crippen LogP contribution in [0.25, 0.3) is 10.9 Å². The van der Waals surface area contributed by atoms with E-state index >= 15 is 0 Å². The van der Waals surface area contributed by atoms with E-state index in [2.05, 4.69) is 4.98 Å². The van der Waals surface area contributed by atoms with Crippen LogP contribution in [0.4, 0.5) is 0 Å². The lowest BCUT2D eigenvalue weighted by molar-refractivity contribution is 0.0589. The number of benzene rings is 1.